The van der Waals surface area contributed by atoms with Crippen molar-refractivity contribution in [1.82, 2.24) is 0 Å². The van der Waals surface area contributed by atoms with Crippen LogP contribution < -0.4 is 0 Å². The van der Waals surface area contributed by atoms with Gasteiger partial charge < -0.3 is 0 Å². The first-order valence-electron chi connectivity index (χ1n) is 5.57. The van der Waals surface area contributed by atoms with Crippen LogP contribution in [0.25, 0.3) is 0 Å². The zero-order valence-corrected chi connectivity index (χ0v) is 16.7. The smallest absolute Gasteiger partial charge is 0.0268 e. The lowest BCUT2D eigenvalue weighted by Gasteiger charge is -2.27. The minimum atomic E-state index is -0.111. The Hall–Kier alpha value is 0.360. The molecule has 0 heterocycles. The van der Waals surface area contributed by atoms with Gasteiger partial charge in [0.15, 0.2) is 0 Å². The Morgan fingerprint density at radius 3 is 1.21 bits per heavy atom. The Bertz CT molecular complexity index is 524. The Morgan fingerprint density at radius 1 is 0.684 bits per heavy atom. The van der Waals surface area contributed by atoms with Gasteiger partial charge in [0, 0.05) is 35.4 Å². The van der Waals surface area contributed by atoms with Gasteiger partial charge in [0.05, 0.1) is 0 Å². The van der Waals surface area contributed by atoms with Gasteiger partial charge in [-0.1, -0.05) is 77.6 Å². The number of hydrogen-bond acceptors (Lipinski definition) is 0. The summed E-state index contributed by atoms with van der Waals surface area (Å²) in [5, 5.41) is 0. The summed E-state index contributed by atoms with van der Waals surface area (Å²) in [6.07, 6.45) is 0. The summed E-state index contributed by atoms with van der Waals surface area (Å²) in [7, 11) is 0. The van der Waals surface area contributed by atoms with E-state index >= 15 is 0 Å². The van der Waals surface area contributed by atoms with E-state index in [1.165, 1.54) is 11.1 Å². The van der Waals surface area contributed by atoms with E-state index in [-0.39, 0.29) is 5.41 Å². The van der Waals surface area contributed by atoms with Gasteiger partial charge in [-0.3, -0.25) is 0 Å². The second-order valence-corrected chi connectivity index (χ2v) is 8.17. The third kappa shape index (κ3) is 3.72. The zero-order valence-electron chi connectivity index (χ0n) is 10.3. The van der Waals surface area contributed by atoms with Gasteiger partial charge in [0.2, 0.25) is 0 Å². The molecule has 0 N–H and O–H groups in total. The lowest BCUT2D eigenvalue weighted by molar-refractivity contribution is 0.639. The number of halogens is 4. The molecule has 4 heteroatoms. The maximum Gasteiger partial charge on any atom is 0.0268 e. The van der Waals surface area contributed by atoms with E-state index in [9.17, 15) is 0 Å². The first-order valence-corrected chi connectivity index (χ1v) is 8.74. The highest BCUT2D eigenvalue weighted by atomic mass is 79.9. The molecule has 0 fully saturated rings. The summed E-state index contributed by atoms with van der Waals surface area (Å²) < 4.78 is 3.80. The summed E-state index contributed by atoms with van der Waals surface area (Å²) >= 11 is 14.0. The van der Waals surface area contributed by atoms with E-state index in [1.807, 2.05) is 0 Å². The summed E-state index contributed by atoms with van der Waals surface area (Å²) in [5.74, 6) is 0. The third-order valence-electron chi connectivity index (χ3n) is 3.05. The highest BCUT2D eigenvalue weighted by Crippen LogP contribution is 2.36. The van der Waals surface area contributed by atoms with Crippen LogP contribution in [0, 0.1) is 12.1 Å². The van der Waals surface area contributed by atoms with Gasteiger partial charge in [-0.25, -0.2) is 0 Å². The first kappa shape index (κ1) is 15.7. The van der Waals surface area contributed by atoms with Crippen LogP contribution in [-0.2, 0) is 5.41 Å². The van der Waals surface area contributed by atoms with Gasteiger partial charge in [-0.2, -0.15) is 0 Å². The zero-order chi connectivity index (χ0) is 14.2. The molecule has 2 aromatic carbocycles. The fourth-order valence-corrected chi connectivity index (χ4v) is 4.26. The standard InChI is InChI=1S/C15H10Br4/c1-15(2,9-3-11(16)7-12(17)4-9)10-5-13(18)8-14(19)6-10/h3-6H,1-2H3. The van der Waals surface area contributed by atoms with Crippen molar-refractivity contribution in [3.8, 4) is 0 Å². The molecule has 0 spiro atoms. The molecule has 0 aliphatic rings. The summed E-state index contributed by atoms with van der Waals surface area (Å²) in [6.45, 7) is 4.41. The molecule has 0 amide bonds. The molecule has 0 saturated heterocycles. The molecule has 0 aromatic heterocycles. The average Bonchev–Trinajstić information content (AvgIpc) is 2.26. The molecule has 0 atom stereocenters. The predicted octanol–water partition coefficient (Wildman–Crippen LogP) is 6.66. The number of rotatable bonds is 2. The van der Waals surface area contributed by atoms with Crippen molar-refractivity contribution in [2.24, 2.45) is 0 Å². The van der Waals surface area contributed by atoms with Gasteiger partial charge in [-0.05, 0) is 35.4 Å². The fraction of sp³-hybridized carbons (Fsp3) is 0.200. The van der Waals surface area contributed by atoms with Crippen LogP contribution in [0.3, 0.4) is 0 Å². The van der Waals surface area contributed by atoms with Crippen molar-refractivity contribution >= 4 is 63.7 Å². The highest BCUT2D eigenvalue weighted by molar-refractivity contribution is 9.11. The topological polar surface area (TPSA) is 0 Å². The molecule has 2 rings (SSSR count). The summed E-state index contributed by atoms with van der Waals surface area (Å²) in [5.41, 5.74) is 2.32. The van der Waals surface area contributed by atoms with Crippen molar-refractivity contribution < 1.29 is 0 Å². The Balaban J connectivity index is 2.57. The Kier molecular flexibility index (Phi) is 4.97. The van der Waals surface area contributed by atoms with Crippen LogP contribution in [0.2, 0.25) is 0 Å². The van der Waals surface area contributed by atoms with Crippen molar-refractivity contribution in [2.45, 2.75) is 19.3 Å². The quantitative estimate of drug-likeness (QED) is 0.424. The SMILES string of the molecule is CC(C)(c1cc(Br)[c]c(Br)c1)c1cc(Br)[c]c(Br)c1. The van der Waals surface area contributed by atoms with Crippen LogP contribution in [0.1, 0.15) is 25.0 Å². The lowest BCUT2D eigenvalue weighted by Crippen LogP contribution is -2.19. The summed E-state index contributed by atoms with van der Waals surface area (Å²) in [4.78, 5) is 0. The number of benzene rings is 2. The number of hydrogen-bond donors (Lipinski definition) is 0. The molecule has 2 aromatic rings. The maximum atomic E-state index is 3.50. The molecule has 0 bridgehead atoms. The second kappa shape index (κ2) is 6.00. The van der Waals surface area contributed by atoms with E-state index in [4.69, 9.17) is 0 Å². The third-order valence-corrected chi connectivity index (χ3v) is 4.76. The minimum Gasteiger partial charge on any atom is -0.0517 e. The molecule has 19 heavy (non-hydrogen) atoms. The van der Waals surface area contributed by atoms with Crippen molar-refractivity contribution in [3.05, 3.63) is 65.4 Å². The average molecular weight is 510 g/mol. The van der Waals surface area contributed by atoms with E-state index < -0.39 is 0 Å². The molecule has 98 valence electrons. The normalized spacial score (nSPS) is 11.7. The molecule has 0 aliphatic heterocycles. The molecule has 0 unspecified atom stereocenters. The van der Waals surface area contributed by atoms with Crippen LogP contribution in [-0.4, -0.2) is 0 Å². The minimum absolute atomic E-state index is 0.111. The van der Waals surface area contributed by atoms with Gasteiger partial charge >= 0.3 is 0 Å². The molecular weight excluding hydrogens is 500 g/mol. The lowest BCUT2D eigenvalue weighted by atomic mass is 9.78. The summed E-state index contributed by atoms with van der Waals surface area (Å²) in [6, 6.07) is 14.7. The fourth-order valence-electron chi connectivity index (χ4n) is 1.89. The van der Waals surface area contributed by atoms with Crippen LogP contribution in [0.15, 0.2) is 42.2 Å². The molecule has 0 aliphatic carbocycles. The van der Waals surface area contributed by atoms with Crippen LogP contribution in [0.5, 0.6) is 0 Å². The highest BCUT2D eigenvalue weighted by Gasteiger charge is 2.24. The van der Waals surface area contributed by atoms with Crippen molar-refractivity contribution in [2.75, 3.05) is 0 Å². The largest absolute Gasteiger partial charge is 0.0517 e. The maximum absolute atomic E-state index is 3.50. The van der Waals surface area contributed by atoms with Crippen LogP contribution >= 0.6 is 63.7 Å². The predicted molar refractivity (Wildman–Crippen MR) is 93.5 cm³/mol. The molecule has 2 radical (unpaired) electrons. The first-order chi connectivity index (χ1) is 8.79. The van der Waals surface area contributed by atoms with E-state index in [2.05, 4.69) is 114 Å². The second-order valence-electron chi connectivity index (χ2n) is 4.75. The van der Waals surface area contributed by atoms with E-state index in [1.54, 1.807) is 0 Å². The van der Waals surface area contributed by atoms with Gasteiger partial charge in [0.1, 0.15) is 0 Å². The van der Waals surface area contributed by atoms with Gasteiger partial charge in [-0.15, -0.1) is 0 Å². The molecule has 0 nitrogen and oxygen atoms in total. The van der Waals surface area contributed by atoms with Gasteiger partial charge in [0.25, 0.3) is 0 Å². The van der Waals surface area contributed by atoms with Crippen molar-refractivity contribution in [1.29, 1.82) is 0 Å². The Labute approximate surface area is 147 Å². The molecule has 0 saturated carbocycles. The van der Waals surface area contributed by atoms with Crippen LogP contribution in [0.4, 0.5) is 0 Å². The van der Waals surface area contributed by atoms with E-state index in [0.717, 1.165) is 17.9 Å². The Morgan fingerprint density at radius 2 is 0.947 bits per heavy atom. The monoisotopic (exact) mass is 506 g/mol. The van der Waals surface area contributed by atoms with Crippen molar-refractivity contribution in [3.63, 3.8) is 0 Å². The van der Waals surface area contributed by atoms with E-state index in [0.29, 0.717) is 0 Å². The molecular formula is C15H10Br4.